The van der Waals surface area contributed by atoms with Crippen LogP contribution in [0.3, 0.4) is 0 Å². The first kappa shape index (κ1) is 18.6. The standard InChI is InChI=1S/C16H13F3N2O3S2/c1-10-14(26(22,23)20-9-11-5-3-2-4-6-11)8-13(25-10)12-7-15(24-21-12)16(17,18)19/h2-8,20H,9H2,1H3. The summed E-state index contributed by atoms with van der Waals surface area (Å²) in [5.41, 5.74) is 0.727. The SMILES string of the molecule is Cc1sc(-c2cc(C(F)(F)F)on2)cc1S(=O)(=O)NCc1ccccc1. The second-order valence-electron chi connectivity index (χ2n) is 5.42. The molecule has 0 saturated heterocycles. The Morgan fingerprint density at radius 2 is 1.88 bits per heavy atom. The molecule has 0 spiro atoms. The van der Waals surface area contributed by atoms with E-state index in [0.29, 0.717) is 4.88 Å². The molecule has 0 bridgehead atoms. The van der Waals surface area contributed by atoms with E-state index in [4.69, 9.17) is 0 Å². The third-order valence-corrected chi connectivity index (χ3v) is 6.24. The maximum atomic E-state index is 12.6. The van der Waals surface area contributed by atoms with Gasteiger partial charge in [-0.15, -0.1) is 11.3 Å². The lowest BCUT2D eigenvalue weighted by Gasteiger charge is -2.06. The number of halogens is 3. The van der Waals surface area contributed by atoms with Gasteiger partial charge in [0.15, 0.2) is 0 Å². The Hall–Kier alpha value is -2.17. The second-order valence-corrected chi connectivity index (χ2v) is 8.41. The molecule has 0 aliphatic heterocycles. The van der Waals surface area contributed by atoms with Crippen molar-refractivity contribution in [3.05, 3.63) is 58.7 Å². The van der Waals surface area contributed by atoms with Crippen molar-refractivity contribution >= 4 is 21.4 Å². The molecule has 0 unspecified atom stereocenters. The first-order chi connectivity index (χ1) is 12.2. The molecule has 0 saturated carbocycles. The van der Waals surface area contributed by atoms with Crippen molar-refractivity contribution in [3.63, 3.8) is 0 Å². The van der Waals surface area contributed by atoms with Crippen LogP contribution in [0.4, 0.5) is 13.2 Å². The van der Waals surface area contributed by atoms with Crippen LogP contribution >= 0.6 is 11.3 Å². The van der Waals surface area contributed by atoms with Crippen LogP contribution in [-0.2, 0) is 22.7 Å². The molecular formula is C16H13F3N2O3S2. The third kappa shape index (κ3) is 3.97. The molecule has 0 fully saturated rings. The number of aryl methyl sites for hydroxylation is 1. The van der Waals surface area contributed by atoms with Gasteiger partial charge in [-0.25, -0.2) is 13.1 Å². The van der Waals surface area contributed by atoms with E-state index in [2.05, 4.69) is 14.4 Å². The molecule has 2 heterocycles. The van der Waals surface area contributed by atoms with Crippen LogP contribution in [0.25, 0.3) is 10.6 Å². The van der Waals surface area contributed by atoms with Crippen molar-refractivity contribution in [2.24, 2.45) is 0 Å². The highest BCUT2D eigenvalue weighted by molar-refractivity contribution is 7.89. The fraction of sp³-hybridized carbons (Fsp3) is 0.188. The fourth-order valence-electron chi connectivity index (χ4n) is 2.24. The average molecular weight is 402 g/mol. The van der Waals surface area contributed by atoms with Gasteiger partial charge in [-0.3, -0.25) is 0 Å². The maximum absolute atomic E-state index is 12.6. The summed E-state index contributed by atoms with van der Waals surface area (Å²) in [6.07, 6.45) is -4.65. The Morgan fingerprint density at radius 1 is 1.19 bits per heavy atom. The summed E-state index contributed by atoms with van der Waals surface area (Å²) in [6, 6.07) is 11.0. The minimum absolute atomic E-state index is 0.00462. The molecule has 2 aromatic heterocycles. The largest absolute Gasteiger partial charge is 0.452 e. The Bertz CT molecular complexity index is 1010. The van der Waals surface area contributed by atoms with Crippen LogP contribution in [-0.4, -0.2) is 13.6 Å². The van der Waals surface area contributed by atoms with E-state index in [1.807, 2.05) is 6.07 Å². The average Bonchev–Trinajstić information content (AvgIpc) is 3.20. The monoisotopic (exact) mass is 402 g/mol. The molecule has 0 atom stereocenters. The van der Waals surface area contributed by atoms with E-state index < -0.39 is 22.0 Å². The predicted molar refractivity (Wildman–Crippen MR) is 90.0 cm³/mol. The normalized spacial score (nSPS) is 12.5. The van der Waals surface area contributed by atoms with Gasteiger partial charge in [0.2, 0.25) is 15.8 Å². The molecule has 26 heavy (non-hydrogen) atoms. The lowest BCUT2D eigenvalue weighted by molar-refractivity contribution is -0.155. The van der Waals surface area contributed by atoms with Crippen molar-refractivity contribution in [1.29, 1.82) is 0 Å². The van der Waals surface area contributed by atoms with E-state index >= 15 is 0 Å². The van der Waals surface area contributed by atoms with Crippen LogP contribution in [0.5, 0.6) is 0 Å². The molecule has 3 aromatic rings. The summed E-state index contributed by atoms with van der Waals surface area (Å²) in [4.78, 5) is 0.726. The van der Waals surface area contributed by atoms with Crippen molar-refractivity contribution in [2.75, 3.05) is 0 Å². The lowest BCUT2D eigenvalue weighted by atomic mass is 10.2. The number of rotatable bonds is 5. The molecular weight excluding hydrogens is 389 g/mol. The third-order valence-electron chi connectivity index (χ3n) is 3.51. The number of nitrogens with zero attached hydrogens (tertiary/aromatic N) is 1. The summed E-state index contributed by atoms with van der Waals surface area (Å²) in [7, 11) is -3.82. The number of aromatic nitrogens is 1. The van der Waals surface area contributed by atoms with Crippen LogP contribution < -0.4 is 4.72 Å². The van der Waals surface area contributed by atoms with Crippen LogP contribution in [0.15, 0.2) is 51.9 Å². The van der Waals surface area contributed by atoms with Gasteiger partial charge < -0.3 is 4.52 Å². The number of sulfonamides is 1. The summed E-state index contributed by atoms with van der Waals surface area (Å²) >= 11 is 1.03. The minimum Gasteiger partial charge on any atom is -0.351 e. The second kappa shape index (κ2) is 6.86. The Kier molecular flexibility index (Phi) is 4.91. The highest BCUT2D eigenvalue weighted by atomic mass is 32.2. The van der Waals surface area contributed by atoms with Gasteiger partial charge in [-0.05, 0) is 18.6 Å². The Morgan fingerprint density at radius 3 is 2.50 bits per heavy atom. The van der Waals surface area contributed by atoms with E-state index in [1.54, 1.807) is 31.2 Å². The smallest absolute Gasteiger partial charge is 0.351 e. The van der Waals surface area contributed by atoms with Gasteiger partial charge in [-0.2, -0.15) is 13.2 Å². The van der Waals surface area contributed by atoms with E-state index in [-0.39, 0.29) is 22.0 Å². The molecule has 0 aliphatic rings. The Labute approximate surface area is 151 Å². The molecule has 3 rings (SSSR count). The number of nitrogens with one attached hydrogen (secondary N) is 1. The van der Waals surface area contributed by atoms with Crippen molar-refractivity contribution in [2.45, 2.75) is 24.5 Å². The fourth-order valence-corrected chi connectivity index (χ4v) is 4.79. The number of benzene rings is 1. The van der Waals surface area contributed by atoms with Crippen molar-refractivity contribution < 1.29 is 26.1 Å². The summed E-state index contributed by atoms with van der Waals surface area (Å²) in [5, 5.41) is 3.38. The number of hydrogen-bond acceptors (Lipinski definition) is 5. The quantitative estimate of drug-likeness (QED) is 0.694. The van der Waals surface area contributed by atoms with Crippen LogP contribution in [0.1, 0.15) is 16.2 Å². The topological polar surface area (TPSA) is 72.2 Å². The number of thiophene rings is 1. The highest BCUT2D eigenvalue weighted by Crippen LogP contribution is 2.36. The minimum atomic E-state index is -4.65. The molecule has 138 valence electrons. The highest BCUT2D eigenvalue weighted by Gasteiger charge is 2.36. The molecule has 0 radical (unpaired) electrons. The molecule has 1 N–H and O–H groups in total. The maximum Gasteiger partial charge on any atom is 0.452 e. The molecule has 5 nitrogen and oxygen atoms in total. The Balaban J connectivity index is 1.84. The predicted octanol–water partition coefficient (Wildman–Crippen LogP) is 4.21. The molecule has 0 amide bonds. The lowest BCUT2D eigenvalue weighted by Crippen LogP contribution is -2.23. The van der Waals surface area contributed by atoms with Crippen molar-refractivity contribution in [3.8, 4) is 10.6 Å². The number of hydrogen-bond donors (Lipinski definition) is 1. The van der Waals surface area contributed by atoms with Crippen LogP contribution in [0, 0.1) is 6.92 Å². The van der Waals surface area contributed by atoms with Gasteiger partial charge in [0.05, 0.1) is 9.77 Å². The molecule has 1 aromatic carbocycles. The summed E-state index contributed by atoms with van der Waals surface area (Å²) in [5.74, 6) is -1.23. The van der Waals surface area contributed by atoms with E-state index in [1.165, 1.54) is 6.07 Å². The first-order valence-electron chi connectivity index (χ1n) is 7.35. The zero-order chi connectivity index (χ0) is 18.9. The summed E-state index contributed by atoms with van der Waals surface area (Å²) < 4.78 is 69.6. The van der Waals surface area contributed by atoms with E-state index in [9.17, 15) is 21.6 Å². The summed E-state index contributed by atoms with van der Waals surface area (Å²) in [6.45, 7) is 1.69. The zero-order valence-electron chi connectivity index (χ0n) is 13.4. The van der Waals surface area contributed by atoms with E-state index in [0.717, 1.165) is 23.0 Å². The zero-order valence-corrected chi connectivity index (χ0v) is 15.0. The van der Waals surface area contributed by atoms with Gasteiger partial charge >= 0.3 is 6.18 Å². The van der Waals surface area contributed by atoms with Gasteiger partial charge in [0, 0.05) is 17.5 Å². The van der Waals surface area contributed by atoms with Gasteiger partial charge in [0.25, 0.3) is 0 Å². The van der Waals surface area contributed by atoms with Gasteiger partial charge in [-0.1, -0.05) is 35.5 Å². The number of alkyl halides is 3. The van der Waals surface area contributed by atoms with Gasteiger partial charge in [0.1, 0.15) is 5.69 Å². The van der Waals surface area contributed by atoms with Crippen LogP contribution in [0.2, 0.25) is 0 Å². The molecule has 0 aliphatic carbocycles. The van der Waals surface area contributed by atoms with Crippen molar-refractivity contribution in [1.82, 2.24) is 9.88 Å². The first-order valence-corrected chi connectivity index (χ1v) is 9.65. The molecule has 10 heteroatoms.